The van der Waals surface area contributed by atoms with E-state index in [0.29, 0.717) is 6.04 Å². The largest absolute Gasteiger partial charge is 0.493 e. The first-order valence-corrected chi connectivity index (χ1v) is 9.08. The molecule has 0 radical (unpaired) electrons. The van der Waals surface area contributed by atoms with E-state index in [-0.39, 0.29) is 0 Å². The van der Waals surface area contributed by atoms with Gasteiger partial charge in [0.25, 0.3) is 0 Å². The molecule has 0 saturated heterocycles. The Labute approximate surface area is 127 Å². The third-order valence-electron chi connectivity index (χ3n) is 3.61. The molecule has 0 amide bonds. The highest BCUT2D eigenvalue weighted by atomic mass is 32.2. The Hall–Kier alpha value is -0.670. The van der Waals surface area contributed by atoms with Gasteiger partial charge in [-0.3, -0.25) is 0 Å². The Morgan fingerprint density at radius 1 is 1.30 bits per heavy atom. The lowest BCUT2D eigenvalue weighted by atomic mass is 9.98. The Morgan fingerprint density at radius 2 is 2.20 bits per heavy atom. The van der Waals surface area contributed by atoms with Crippen molar-refractivity contribution in [3.63, 3.8) is 0 Å². The average molecular weight is 293 g/mol. The van der Waals surface area contributed by atoms with Gasteiger partial charge in [-0.1, -0.05) is 32.0 Å². The van der Waals surface area contributed by atoms with Gasteiger partial charge in [0, 0.05) is 17.4 Å². The normalized spacial score (nSPS) is 15.5. The number of benzene rings is 1. The van der Waals surface area contributed by atoms with Crippen molar-refractivity contribution in [1.82, 2.24) is 5.32 Å². The average Bonchev–Trinajstić information content (AvgIpc) is 2.50. The highest BCUT2D eigenvalue weighted by Gasteiger charge is 2.20. The Morgan fingerprint density at radius 3 is 3.00 bits per heavy atom. The van der Waals surface area contributed by atoms with Crippen LogP contribution in [0, 0.1) is 0 Å². The molecule has 0 saturated carbocycles. The van der Waals surface area contributed by atoms with Crippen LogP contribution in [-0.2, 0) is 6.42 Å². The molecule has 112 valence electrons. The smallest absolute Gasteiger partial charge is 0.127 e. The number of nitrogens with one attached hydrogen (secondary N) is 1. The van der Waals surface area contributed by atoms with Gasteiger partial charge in [-0.25, -0.2) is 0 Å². The number of thioether (sulfide) groups is 1. The zero-order valence-corrected chi connectivity index (χ0v) is 13.6. The molecule has 2 rings (SSSR count). The number of hydrogen-bond acceptors (Lipinski definition) is 3. The molecular weight excluding hydrogens is 266 g/mol. The first kappa shape index (κ1) is 15.7. The molecule has 0 bridgehead atoms. The molecule has 2 nitrogen and oxygen atoms in total. The second-order valence-corrected chi connectivity index (χ2v) is 6.52. The van der Waals surface area contributed by atoms with Crippen LogP contribution in [0.5, 0.6) is 5.75 Å². The lowest BCUT2D eigenvalue weighted by Gasteiger charge is -2.26. The second-order valence-electron chi connectivity index (χ2n) is 5.37. The Balaban J connectivity index is 2.14. The highest BCUT2D eigenvalue weighted by Crippen LogP contribution is 2.34. The van der Waals surface area contributed by atoms with E-state index in [4.69, 9.17) is 4.74 Å². The molecule has 1 aliphatic rings. The van der Waals surface area contributed by atoms with E-state index in [1.54, 1.807) is 0 Å². The van der Waals surface area contributed by atoms with Gasteiger partial charge in [-0.15, -0.1) is 0 Å². The summed E-state index contributed by atoms with van der Waals surface area (Å²) in [5, 5.41) is 3.69. The third-order valence-corrected chi connectivity index (χ3v) is 4.88. The molecule has 1 aliphatic heterocycles. The summed E-state index contributed by atoms with van der Waals surface area (Å²) in [5.74, 6) is 3.53. The van der Waals surface area contributed by atoms with Crippen molar-refractivity contribution in [2.75, 3.05) is 24.7 Å². The first-order valence-electron chi connectivity index (χ1n) is 7.92. The SMILES string of the molecule is CCCNC(CSCCC)c1cccc2c1OCCC2. The number of para-hydroxylation sites is 1. The van der Waals surface area contributed by atoms with Crippen LogP contribution in [-0.4, -0.2) is 24.7 Å². The van der Waals surface area contributed by atoms with Crippen LogP contribution in [0.4, 0.5) is 0 Å². The van der Waals surface area contributed by atoms with Crippen LogP contribution in [0.25, 0.3) is 0 Å². The number of fused-ring (bicyclic) bond motifs is 1. The molecule has 1 N–H and O–H groups in total. The minimum atomic E-state index is 0.416. The maximum absolute atomic E-state index is 5.97. The van der Waals surface area contributed by atoms with Crippen molar-refractivity contribution < 1.29 is 4.74 Å². The molecule has 3 heteroatoms. The van der Waals surface area contributed by atoms with Crippen LogP contribution >= 0.6 is 11.8 Å². The molecule has 1 atom stereocenters. The summed E-state index contributed by atoms with van der Waals surface area (Å²) in [6.45, 7) is 6.41. The molecule has 0 aromatic heterocycles. The topological polar surface area (TPSA) is 21.3 Å². The summed E-state index contributed by atoms with van der Waals surface area (Å²) in [4.78, 5) is 0. The van der Waals surface area contributed by atoms with E-state index in [1.165, 1.54) is 29.7 Å². The Bertz CT molecular complexity index is 408. The van der Waals surface area contributed by atoms with E-state index in [2.05, 4.69) is 37.4 Å². The van der Waals surface area contributed by atoms with Crippen molar-refractivity contribution >= 4 is 11.8 Å². The number of aryl methyl sites for hydroxylation is 1. The molecule has 1 heterocycles. The van der Waals surface area contributed by atoms with Crippen LogP contribution in [0.1, 0.15) is 50.3 Å². The van der Waals surface area contributed by atoms with Gasteiger partial charge in [0.05, 0.1) is 6.61 Å². The van der Waals surface area contributed by atoms with Gasteiger partial charge >= 0.3 is 0 Å². The minimum absolute atomic E-state index is 0.416. The second kappa shape index (κ2) is 8.58. The van der Waals surface area contributed by atoms with Crippen molar-refractivity contribution in [2.24, 2.45) is 0 Å². The fourth-order valence-corrected chi connectivity index (χ4v) is 3.60. The minimum Gasteiger partial charge on any atom is -0.493 e. The molecule has 20 heavy (non-hydrogen) atoms. The summed E-state index contributed by atoms with van der Waals surface area (Å²) in [7, 11) is 0. The Kier molecular flexibility index (Phi) is 6.74. The number of ether oxygens (including phenoxy) is 1. The molecular formula is C17H27NOS. The zero-order chi connectivity index (χ0) is 14.2. The predicted octanol–water partition coefficient (Wildman–Crippen LogP) is 4.20. The van der Waals surface area contributed by atoms with E-state index < -0.39 is 0 Å². The zero-order valence-electron chi connectivity index (χ0n) is 12.8. The van der Waals surface area contributed by atoms with Gasteiger partial charge in [0.1, 0.15) is 5.75 Å². The molecule has 0 fully saturated rings. The van der Waals surface area contributed by atoms with E-state index in [9.17, 15) is 0 Å². The predicted molar refractivity (Wildman–Crippen MR) is 88.9 cm³/mol. The van der Waals surface area contributed by atoms with E-state index >= 15 is 0 Å². The maximum atomic E-state index is 5.97. The van der Waals surface area contributed by atoms with Crippen LogP contribution < -0.4 is 10.1 Å². The van der Waals surface area contributed by atoms with E-state index in [0.717, 1.165) is 37.5 Å². The maximum Gasteiger partial charge on any atom is 0.127 e. The standard InChI is InChI=1S/C17H27NOS/c1-3-10-18-16(13-20-12-4-2)15-9-5-7-14-8-6-11-19-17(14)15/h5,7,9,16,18H,3-4,6,8,10-13H2,1-2H3. The van der Waals surface area contributed by atoms with Crippen molar-refractivity contribution in [3.05, 3.63) is 29.3 Å². The van der Waals surface area contributed by atoms with Gasteiger partial charge < -0.3 is 10.1 Å². The monoisotopic (exact) mass is 293 g/mol. The quantitative estimate of drug-likeness (QED) is 0.726. The number of hydrogen-bond donors (Lipinski definition) is 1. The molecule has 1 aromatic carbocycles. The van der Waals surface area contributed by atoms with E-state index in [1.807, 2.05) is 11.8 Å². The van der Waals surface area contributed by atoms with Crippen molar-refractivity contribution in [2.45, 2.75) is 45.6 Å². The lowest BCUT2D eigenvalue weighted by Crippen LogP contribution is -2.26. The van der Waals surface area contributed by atoms with Crippen LogP contribution in [0.15, 0.2) is 18.2 Å². The summed E-state index contributed by atoms with van der Waals surface area (Å²) in [6.07, 6.45) is 4.72. The summed E-state index contributed by atoms with van der Waals surface area (Å²) in [6, 6.07) is 7.06. The molecule has 0 aliphatic carbocycles. The van der Waals surface area contributed by atoms with Crippen molar-refractivity contribution in [1.29, 1.82) is 0 Å². The first-order chi connectivity index (χ1) is 9.86. The fraction of sp³-hybridized carbons (Fsp3) is 0.647. The fourth-order valence-electron chi connectivity index (χ4n) is 2.61. The van der Waals surface area contributed by atoms with Gasteiger partial charge in [-0.05, 0) is 43.5 Å². The molecule has 0 spiro atoms. The number of rotatable bonds is 8. The summed E-state index contributed by atoms with van der Waals surface area (Å²) in [5.41, 5.74) is 2.75. The highest BCUT2D eigenvalue weighted by molar-refractivity contribution is 7.99. The molecule has 1 unspecified atom stereocenters. The lowest BCUT2D eigenvalue weighted by molar-refractivity contribution is 0.282. The van der Waals surface area contributed by atoms with Gasteiger partial charge in [0.2, 0.25) is 0 Å². The summed E-state index contributed by atoms with van der Waals surface area (Å²) < 4.78 is 5.97. The van der Waals surface area contributed by atoms with Gasteiger partial charge in [0.15, 0.2) is 0 Å². The van der Waals surface area contributed by atoms with Gasteiger partial charge in [-0.2, -0.15) is 11.8 Å². The van der Waals surface area contributed by atoms with Crippen LogP contribution in [0.2, 0.25) is 0 Å². The molecule has 1 aromatic rings. The van der Waals surface area contributed by atoms with Crippen molar-refractivity contribution in [3.8, 4) is 5.75 Å². The van der Waals surface area contributed by atoms with Crippen LogP contribution in [0.3, 0.4) is 0 Å². The third kappa shape index (κ3) is 4.16. The summed E-state index contributed by atoms with van der Waals surface area (Å²) >= 11 is 2.04.